The van der Waals surface area contributed by atoms with Gasteiger partial charge >= 0.3 is 11.7 Å². The van der Waals surface area contributed by atoms with Gasteiger partial charge < -0.3 is 5.11 Å². The highest BCUT2D eigenvalue weighted by Crippen LogP contribution is 2.24. The van der Waals surface area contributed by atoms with Crippen molar-refractivity contribution in [2.45, 2.75) is 32.7 Å². The summed E-state index contributed by atoms with van der Waals surface area (Å²) in [7, 11) is 0. The van der Waals surface area contributed by atoms with Crippen LogP contribution in [0.1, 0.15) is 41.4 Å². The fourth-order valence-electron chi connectivity index (χ4n) is 3.92. The third-order valence-corrected chi connectivity index (χ3v) is 5.65. The molecule has 4 rings (SSSR count). The summed E-state index contributed by atoms with van der Waals surface area (Å²) in [6, 6.07) is 24.4. The molecule has 0 spiro atoms. The van der Waals surface area contributed by atoms with Crippen LogP contribution in [0.5, 0.6) is 0 Å². The van der Waals surface area contributed by atoms with Gasteiger partial charge in [0.15, 0.2) is 0 Å². The number of unbranched alkanes of at least 4 members (excludes halogenated alkanes) is 1. The number of carbonyl (C=O) groups is 1. The molecule has 0 aliphatic carbocycles. The predicted molar refractivity (Wildman–Crippen MR) is 127 cm³/mol. The third-order valence-electron chi connectivity index (χ3n) is 5.65. The molecule has 0 amide bonds. The molecule has 0 saturated carbocycles. The number of rotatable bonds is 8. The summed E-state index contributed by atoms with van der Waals surface area (Å²) in [5, 5.41) is 9.46. The van der Waals surface area contributed by atoms with Gasteiger partial charge in [-0.1, -0.05) is 74.0 Å². The molecule has 1 N–H and O–H groups in total. The zero-order chi connectivity index (χ0) is 22.5. The van der Waals surface area contributed by atoms with Gasteiger partial charge in [0.1, 0.15) is 0 Å². The first-order valence-corrected chi connectivity index (χ1v) is 10.9. The maximum Gasteiger partial charge on any atom is 0.336 e. The highest BCUT2D eigenvalue weighted by molar-refractivity contribution is 5.95. The van der Waals surface area contributed by atoms with Crippen molar-refractivity contribution in [3.05, 3.63) is 112 Å². The van der Waals surface area contributed by atoms with Gasteiger partial charge in [0.05, 0.1) is 17.8 Å². The normalized spacial score (nSPS) is 10.9. The van der Waals surface area contributed by atoms with Crippen molar-refractivity contribution in [1.29, 1.82) is 0 Å². The van der Waals surface area contributed by atoms with Gasteiger partial charge in [-0.2, -0.15) is 0 Å². The van der Waals surface area contributed by atoms with Gasteiger partial charge in [-0.15, -0.1) is 0 Å². The van der Waals surface area contributed by atoms with E-state index in [-0.39, 0.29) is 11.3 Å². The molecule has 1 heterocycles. The van der Waals surface area contributed by atoms with E-state index in [4.69, 9.17) is 0 Å². The predicted octanol–water partition coefficient (Wildman–Crippen LogP) is 5.40. The Bertz CT molecular complexity index is 1270. The van der Waals surface area contributed by atoms with Gasteiger partial charge in [0, 0.05) is 11.9 Å². The van der Waals surface area contributed by atoms with E-state index >= 15 is 0 Å². The minimum absolute atomic E-state index is 0.0531. The molecule has 3 aromatic carbocycles. The Morgan fingerprint density at radius 3 is 2.28 bits per heavy atom. The topological polar surface area (TPSA) is 64.2 Å². The smallest absolute Gasteiger partial charge is 0.336 e. The molecular weight excluding hydrogens is 400 g/mol. The van der Waals surface area contributed by atoms with Crippen LogP contribution in [0.4, 0.5) is 0 Å². The van der Waals surface area contributed by atoms with E-state index in [9.17, 15) is 14.7 Å². The second kappa shape index (κ2) is 9.52. The second-order valence-electron chi connectivity index (χ2n) is 7.85. The number of aryl methyl sites for hydroxylation is 1. The molecule has 4 aromatic rings. The molecular formula is C27H26N2O3. The summed E-state index contributed by atoms with van der Waals surface area (Å²) < 4.78 is 3.55. The van der Waals surface area contributed by atoms with Crippen LogP contribution in [0.2, 0.25) is 0 Å². The zero-order valence-corrected chi connectivity index (χ0v) is 18.1. The lowest BCUT2D eigenvalue weighted by Crippen LogP contribution is -2.24. The van der Waals surface area contributed by atoms with Crippen LogP contribution in [0, 0.1) is 0 Å². The quantitative estimate of drug-likeness (QED) is 0.411. The maximum absolute atomic E-state index is 13.2. The van der Waals surface area contributed by atoms with E-state index in [1.165, 1.54) is 0 Å². The molecule has 0 aliphatic heterocycles. The van der Waals surface area contributed by atoms with Crippen LogP contribution in [0.3, 0.4) is 0 Å². The standard InChI is InChI=1S/C27H26N2O3/c1-2-3-9-23-19-29(22-10-5-4-6-11-22)27(32)28(23)18-20-14-16-21(17-15-20)24-12-7-8-13-25(24)26(30)31/h4-8,10-17,19H,2-3,9,18H2,1H3,(H,30,31). The van der Waals surface area contributed by atoms with Gasteiger partial charge in [-0.05, 0) is 47.7 Å². The Balaban J connectivity index is 1.66. The molecule has 1 aromatic heterocycles. The molecule has 0 radical (unpaired) electrons. The average Bonchev–Trinajstić information content (AvgIpc) is 3.14. The van der Waals surface area contributed by atoms with Crippen molar-refractivity contribution < 1.29 is 9.90 Å². The van der Waals surface area contributed by atoms with Crippen LogP contribution in [-0.4, -0.2) is 20.2 Å². The number of benzene rings is 3. The van der Waals surface area contributed by atoms with Crippen molar-refractivity contribution in [1.82, 2.24) is 9.13 Å². The van der Waals surface area contributed by atoms with E-state index in [2.05, 4.69) is 6.92 Å². The van der Waals surface area contributed by atoms with E-state index in [1.54, 1.807) is 16.7 Å². The van der Waals surface area contributed by atoms with E-state index in [0.29, 0.717) is 12.1 Å². The number of carboxylic acids is 1. The fourth-order valence-corrected chi connectivity index (χ4v) is 3.92. The summed E-state index contributed by atoms with van der Waals surface area (Å²) in [6.07, 6.45) is 4.87. The lowest BCUT2D eigenvalue weighted by atomic mass is 9.99. The molecule has 5 nitrogen and oxygen atoms in total. The van der Waals surface area contributed by atoms with Crippen molar-refractivity contribution in [3.8, 4) is 16.8 Å². The Labute approximate surface area is 187 Å². The minimum atomic E-state index is -0.945. The molecule has 5 heteroatoms. The van der Waals surface area contributed by atoms with Gasteiger partial charge in [0.2, 0.25) is 0 Å². The largest absolute Gasteiger partial charge is 0.478 e. The Kier molecular flexibility index (Phi) is 6.36. The molecule has 0 atom stereocenters. The first-order chi connectivity index (χ1) is 15.6. The van der Waals surface area contributed by atoms with Gasteiger partial charge in [0.25, 0.3) is 0 Å². The van der Waals surface area contributed by atoms with Crippen molar-refractivity contribution >= 4 is 5.97 Å². The number of imidazole rings is 1. The summed E-state index contributed by atoms with van der Waals surface area (Å²) in [4.78, 5) is 24.8. The van der Waals surface area contributed by atoms with Crippen LogP contribution < -0.4 is 5.69 Å². The zero-order valence-electron chi connectivity index (χ0n) is 18.1. The summed E-state index contributed by atoms with van der Waals surface area (Å²) in [5.74, 6) is -0.945. The van der Waals surface area contributed by atoms with Crippen LogP contribution >= 0.6 is 0 Å². The first kappa shape index (κ1) is 21.4. The summed E-state index contributed by atoms with van der Waals surface area (Å²) in [5.41, 5.74) is 4.61. The highest BCUT2D eigenvalue weighted by Gasteiger charge is 2.14. The van der Waals surface area contributed by atoms with E-state index in [0.717, 1.165) is 41.8 Å². The SMILES string of the molecule is CCCCc1cn(-c2ccccc2)c(=O)n1Cc1ccc(-c2ccccc2C(=O)O)cc1. The summed E-state index contributed by atoms with van der Waals surface area (Å²) >= 11 is 0. The fraction of sp³-hybridized carbons (Fsp3) is 0.185. The van der Waals surface area contributed by atoms with E-state index < -0.39 is 5.97 Å². The second-order valence-corrected chi connectivity index (χ2v) is 7.85. The minimum Gasteiger partial charge on any atom is -0.478 e. The number of hydrogen-bond donors (Lipinski definition) is 1. The van der Waals surface area contributed by atoms with Crippen molar-refractivity contribution in [2.24, 2.45) is 0 Å². The monoisotopic (exact) mass is 426 g/mol. The molecule has 0 fully saturated rings. The molecule has 0 bridgehead atoms. The van der Waals surface area contributed by atoms with Crippen LogP contribution in [0.15, 0.2) is 89.9 Å². The molecule has 0 aliphatic rings. The summed E-state index contributed by atoms with van der Waals surface area (Å²) in [6.45, 7) is 2.61. The van der Waals surface area contributed by atoms with Crippen LogP contribution in [-0.2, 0) is 13.0 Å². The highest BCUT2D eigenvalue weighted by atomic mass is 16.4. The third kappa shape index (κ3) is 4.42. The number of hydrogen-bond acceptors (Lipinski definition) is 2. The van der Waals surface area contributed by atoms with E-state index in [1.807, 2.05) is 77.5 Å². The lowest BCUT2D eigenvalue weighted by Gasteiger charge is -2.10. The Hall–Kier alpha value is -3.86. The van der Waals surface area contributed by atoms with Crippen molar-refractivity contribution in [3.63, 3.8) is 0 Å². The van der Waals surface area contributed by atoms with Crippen LogP contribution in [0.25, 0.3) is 16.8 Å². The maximum atomic E-state index is 13.2. The Morgan fingerprint density at radius 1 is 0.906 bits per heavy atom. The number of nitrogens with zero attached hydrogens (tertiary/aromatic N) is 2. The molecule has 32 heavy (non-hydrogen) atoms. The average molecular weight is 427 g/mol. The van der Waals surface area contributed by atoms with Gasteiger partial charge in [-0.3, -0.25) is 9.13 Å². The van der Waals surface area contributed by atoms with Gasteiger partial charge in [-0.25, -0.2) is 9.59 Å². The Morgan fingerprint density at radius 2 is 1.59 bits per heavy atom. The lowest BCUT2D eigenvalue weighted by molar-refractivity contribution is 0.0697. The molecule has 0 saturated heterocycles. The first-order valence-electron chi connectivity index (χ1n) is 10.9. The van der Waals surface area contributed by atoms with Crippen molar-refractivity contribution in [2.75, 3.05) is 0 Å². The number of aromatic carboxylic acids is 1. The number of aromatic nitrogens is 2. The molecule has 0 unspecified atom stereocenters. The number of carboxylic acid groups (broad SMARTS) is 1. The molecule has 162 valence electrons. The number of para-hydroxylation sites is 1.